The van der Waals surface area contributed by atoms with E-state index in [0.29, 0.717) is 11.3 Å². The Morgan fingerprint density at radius 1 is 1.29 bits per heavy atom. The van der Waals surface area contributed by atoms with Crippen LogP contribution in [0.25, 0.3) is 5.70 Å². The van der Waals surface area contributed by atoms with Gasteiger partial charge in [-0.1, -0.05) is 24.0 Å². The van der Waals surface area contributed by atoms with Gasteiger partial charge in [0.05, 0.1) is 11.3 Å². The second kappa shape index (κ2) is 8.08. The van der Waals surface area contributed by atoms with Gasteiger partial charge in [-0.3, -0.25) is 15.5 Å². The third kappa shape index (κ3) is 4.28. The van der Waals surface area contributed by atoms with Gasteiger partial charge in [-0.05, 0) is 48.9 Å². The van der Waals surface area contributed by atoms with Crippen LogP contribution in [0.5, 0.6) is 0 Å². The molecule has 1 aliphatic rings. The van der Waals surface area contributed by atoms with Crippen LogP contribution in [0.2, 0.25) is 0 Å². The third-order valence-corrected chi connectivity index (χ3v) is 4.10. The minimum atomic E-state index is -1.06. The number of rotatable bonds is 3. The van der Waals surface area contributed by atoms with Crippen LogP contribution in [0.3, 0.4) is 0 Å². The molecular formula is C20H17F2N3O3. The maximum atomic E-state index is 14.1. The first-order valence-electron chi connectivity index (χ1n) is 8.33. The van der Waals surface area contributed by atoms with E-state index in [1.807, 2.05) is 0 Å². The second-order valence-electron chi connectivity index (χ2n) is 6.10. The Labute approximate surface area is 160 Å². The summed E-state index contributed by atoms with van der Waals surface area (Å²) in [6.45, 7) is 1.45. The zero-order chi connectivity index (χ0) is 20.3. The maximum absolute atomic E-state index is 14.1. The summed E-state index contributed by atoms with van der Waals surface area (Å²) in [6, 6.07) is 8.27. The lowest BCUT2D eigenvalue weighted by atomic mass is 10.0. The molecule has 0 aliphatic carbocycles. The van der Waals surface area contributed by atoms with Gasteiger partial charge in [0.2, 0.25) is 0 Å². The maximum Gasteiger partial charge on any atom is 0.339 e. The van der Waals surface area contributed by atoms with Gasteiger partial charge in [-0.15, -0.1) is 0 Å². The quantitative estimate of drug-likeness (QED) is 0.430. The lowest BCUT2D eigenvalue weighted by Crippen LogP contribution is -2.38. The number of nitrogens with one attached hydrogen (secondary N) is 1. The smallest absolute Gasteiger partial charge is 0.339 e. The number of hydroxylamine groups is 3. The van der Waals surface area contributed by atoms with Gasteiger partial charge in [-0.25, -0.2) is 13.6 Å². The van der Waals surface area contributed by atoms with E-state index in [9.17, 15) is 18.8 Å². The van der Waals surface area contributed by atoms with Crippen molar-refractivity contribution in [3.05, 3.63) is 76.9 Å². The number of carbonyl (C=O) groups is 1. The molecule has 0 bridgehead atoms. The van der Waals surface area contributed by atoms with Crippen molar-refractivity contribution < 1.29 is 23.6 Å². The number of hydrogen-bond acceptors (Lipinski definition) is 4. The van der Waals surface area contributed by atoms with Gasteiger partial charge < -0.3 is 5.73 Å². The molecule has 0 aromatic heterocycles. The SMILES string of the molecule is CC(C#Cc1cc(C2=CC(c3ccc(F)cc3)ON2)ccc1F)N(O)C(N)=O. The lowest BCUT2D eigenvalue weighted by molar-refractivity contribution is -0.0536. The highest BCUT2D eigenvalue weighted by Crippen LogP contribution is 2.29. The molecule has 2 atom stereocenters. The van der Waals surface area contributed by atoms with E-state index < -0.39 is 24.0 Å². The molecule has 1 aliphatic heterocycles. The van der Waals surface area contributed by atoms with Gasteiger partial charge in [-0.2, -0.15) is 5.06 Å². The monoisotopic (exact) mass is 385 g/mol. The van der Waals surface area contributed by atoms with Crippen LogP contribution in [0, 0.1) is 23.5 Å². The molecule has 8 heteroatoms. The molecule has 6 nitrogen and oxygen atoms in total. The highest BCUT2D eigenvalue weighted by Gasteiger charge is 2.20. The van der Waals surface area contributed by atoms with Crippen molar-refractivity contribution in [3.8, 4) is 11.8 Å². The average Bonchev–Trinajstić information content (AvgIpc) is 3.17. The predicted molar refractivity (Wildman–Crippen MR) is 97.3 cm³/mol. The Morgan fingerprint density at radius 3 is 2.68 bits per heavy atom. The highest BCUT2D eigenvalue weighted by atomic mass is 19.1. The summed E-state index contributed by atoms with van der Waals surface area (Å²) in [5.41, 5.74) is 9.79. The van der Waals surface area contributed by atoms with Crippen LogP contribution in [-0.2, 0) is 4.84 Å². The van der Waals surface area contributed by atoms with Gasteiger partial charge in [0.15, 0.2) is 0 Å². The summed E-state index contributed by atoms with van der Waals surface area (Å²) < 4.78 is 27.1. The normalized spacial score (nSPS) is 16.4. The fourth-order valence-electron chi connectivity index (χ4n) is 2.54. The summed E-state index contributed by atoms with van der Waals surface area (Å²) in [5.74, 6) is 4.25. The standard InChI is InChI=1S/C20H17F2N3O3/c1-12(25(27)20(23)26)2-3-14-10-15(6-9-17(14)22)18-11-19(28-24-18)13-4-7-16(21)8-5-13/h4-12,19,24,27H,1H3,(H2,23,26). The van der Waals surface area contributed by atoms with E-state index in [0.717, 1.165) is 5.56 Å². The van der Waals surface area contributed by atoms with Gasteiger partial charge in [0, 0.05) is 5.56 Å². The van der Waals surface area contributed by atoms with Crippen molar-refractivity contribution in [3.63, 3.8) is 0 Å². The molecule has 3 rings (SSSR count). The molecule has 2 aromatic rings. The first-order valence-corrected chi connectivity index (χ1v) is 8.33. The molecule has 0 fully saturated rings. The number of primary amides is 1. The van der Waals surface area contributed by atoms with Crippen LogP contribution >= 0.6 is 0 Å². The molecule has 28 heavy (non-hydrogen) atoms. The van der Waals surface area contributed by atoms with Crippen molar-refractivity contribution in [1.29, 1.82) is 0 Å². The number of benzene rings is 2. The number of halogens is 2. The van der Waals surface area contributed by atoms with Crippen molar-refractivity contribution in [2.75, 3.05) is 0 Å². The third-order valence-electron chi connectivity index (χ3n) is 4.10. The molecule has 2 amide bonds. The van der Waals surface area contributed by atoms with Gasteiger partial charge in [0.1, 0.15) is 23.8 Å². The number of urea groups is 1. The molecule has 0 saturated carbocycles. The van der Waals surface area contributed by atoms with Crippen molar-refractivity contribution in [2.45, 2.75) is 19.1 Å². The van der Waals surface area contributed by atoms with Crippen molar-refractivity contribution in [1.82, 2.24) is 10.5 Å². The van der Waals surface area contributed by atoms with Crippen molar-refractivity contribution >= 4 is 11.7 Å². The Kier molecular flexibility index (Phi) is 5.59. The molecular weight excluding hydrogens is 368 g/mol. The number of carbonyl (C=O) groups excluding carboxylic acids is 1. The lowest BCUT2D eigenvalue weighted by Gasteiger charge is -2.14. The predicted octanol–water partition coefficient (Wildman–Crippen LogP) is 3.09. The molecule has 1 heterocycles. The van der Waals surface area contributed by atoms with Crippen LogP contribution in [0.4, 0.5) is 13.6 Å². The first-order chi connectivity index (χ1) is 13.3. The molecule has 144 valence electrons. The van der Waals surface area contributed by atoms with E-state index in [2.05, 4.69) is 17.3 Å². The van der Waals surface area contributed by atoms with Gasteiger partial charge >= 0.3 is 6.03 Å². The Morgan fingerprint density at radius 2 is 2.00 bits per heavy atom. The Balaban J connectivity index is 1.83. The number of hydrogen-bond donors (Lipinski definition) is 3. The zero-order valence-corrected chi connectivity index (χ0v) is 14.8. The largest absolute Gasteiger partial charge is 0.350 e. The van der Waals surface area contributed by atoms with E-state index in [-0.39, 0.29) is 16.4 Å². The highest BCUT2D eigenvalue weighted by molar-refractivity contribution is 5.71. The first kappa shape index (κ1) is 19.4. The molecule has 0 spiro atoms. The fourth-order valence-corrected chi connectivity index (χ4v) is 2.54. The summed E-state index contributed by atoms with van der Waals surface area (Å²) in [4.78, 5) is 16.4. The van der Waals surface area contributed by atoms with E-state index >= 15 is 0 Å². The molecule has 2 aromatic carbocycles. The summed E-state index contributed by atoms with van der Waals surface area (Å²) in [5, 5.41) is 9.69. The molecule has 2 unspecified atom stereocenters. The van der Waals surface area contributed by atoms with Crippen LogP contribution in [0.1, 0.15) is 29.7 Å². The van der Waals surface area contributed by atoms with E-state index in [1.165, 1.54) is 31.2 Å². The summed E-state index contributed by atoms with van der Waals surface area (Å²) in [6.07, 6.45) is 1.36. The minimum Gasteiger partial charge on any atom is -0.350 e. The van der Waals surface area contributed by atoms with Gasteiger partial charge in [0.25, 0.3) is 0 Å². The van der Waals surface area contributed by atoms with E-state index in [1.54, 1.807) is 24.3 Å². The summed E-state index contributed by atoms with van der Waals surface area (Å²) >= 11 is 0. The fraction of sp³-hybridized carbons (Fsp3) is 0.150. The second-order valence-corrected chi connectivity index (χ2v) is 6.10. The Bertz CT molecular complexity index is 980. The summed E-state index contributed by atoms with van der Waals surface area (Å²) in [7, 11) is 0. The zero-order valence-electron chi connectivity index (χ0n) is 14.8. The van der Waals surface area contributed by atoms with E-state index in [4.69, 9.17) is 10.6 Å². The van der Waals surface area contributed by atoms with Crippen LogP contribution in [-0.4, -0.2) is 22.3 Å². The molecule has 0 saturated heterocycles. The minimum absolute atomic E-state index is 0.0788. The Hall–Kier alpha value is -3.41. The van der Waals surface area contributed by atoms with Crippen molar-refractivity contribution in [2.24, 2.45) is 5.73 Å². The number of amides is 2. The topological polar surface area (TPSA) is 87.8 Å². The number of nitrogens with two attached hydrogens (primary N) is 1. The molecule has 0 radical (unpaired) electrons. The van der Waals surface area contributed by atoms with Crippen LogP contribution in [0.15, 0.2) is 48.5 Å². The van der Waals surface area contributed by atoms with Crippen LogP contribution < -0.4 is 11.2 Å². The average molecular weight is 385 g/mol. The molecule has 4 N–H and O–H groups in total. The number of nitrogens with zero attached hydrogens (tertiary/aromatic N) is 1.